The zero-order chi connectivity index (χ0) is 24.3. The van der Waals surface area contributed by atoms with Crippen molar-refractivity contribution in [1.29, 1.82) is 0 Å². The van der Waals surface area contributed by atoms with Gasteiger partial charge in [-0.25, -0.2) is 18.2 Å². The number of hydrogen-bond acceptors (Lipinski definition) is 6. The Hall–Kier alpha value is -3.41. The number of carbonyl (C=O) groups is 1. The summed E-state index contributed by atoms with van der Waals surface area (Å²) in [6.45, 7) is -3.74. The number of alkyl halides is 4. The maximum atomic E-state index is 14.3. The average Bonchev–Trinajstić information content (AvgIpc) is 2.99. The fourth-order valence-electron chi connectivity index (χ4n) is 3.46. The first-order chi connectivity index (χ1) is 15.6. The van der Waals surface area contributed by atoms with E-state index in [4.69, 9.17) is 16.2 Å². The van der Waals surface area contributed by atoms with Crippen LogP contribution in [0, 0.1) is 5.82 Å². The summed E-state index contributed by atoms with van der Waals surface area (Å²) in [4.78, 5) is 18.7. The molecule has 4 N–H and O–H groups in total. The Balaban J connectivity index is 2.14. The number of benzene rings is 2. The van der Waals surface area contributed by atoms with Gasteiger partial charge in [0.2, 0.25) is 6.43 Å². The van der Waals surface area contributed by atoms with E-state index >= 15 is 0 Å². The molecule has 2 aromatic rings. The van der Waals surface area contributed by atoms with E-state index in [0.717, 1.165) is 11.0 Å². The smallest absolute Gasteiger partial charge is 0.387 e. The molecule has 0 bridgehead atoms. The van der Waals surface area contributed by atoms with Gasteiger partial charge in [-0.05, 0) is 35.4 Å². The van der Waals surface area contributed by atoms with Crippen molar-refractivity contribution >= 4 is 11.9 Å². The van der Waals surface area contributed by atoms with Crippen LogP contribution in [-0.4, -0.2) is 43.5 Å². The summed E-state index contributed by atoms with van der Waals surface area (Å²) in [5, 5.41) is 0. The zero-order valence-corrected chi connectivity index (χ0v) is 17.4. The van der Waals surface area contributed by atoms with Crippen molar-refractivity contribution in [2.45, 2.75) is 31.5 Å². The van der Waals surface area contributed by atoms with Gasteiger partial charge in [0.25, 0.3) is 5.91 Å². The molecule has 12 heteroatoms. The first-order valence-corrected chi connectivity index (χ1v) is 9.73. The van der Waals surface area contributed by atoms with Crippen molar-refractivity contribution in [2.75, 3.05) is 13.7 Å². The summed E-state index contributed by atoms with van der Waals surface area (Å²) in [5.74, 6) is -2.14. The van der Waals surface area contributed by atoms with Gasteiger partial charge in [-0.2, -0.15) is 8.78 Å². The number of hydrogen-bond donors (Lipinski definition) is 2. The number of guanidine groups is 1. The molecule has 0 radical (unpaired) electrons. The lowest BCUT2D eigenvalue weighted by Gasteiger charge is -2.27. The first-order valence-electron chi connectivity index (χ1n) is 9.73. The monoisotopic (exact) mass is 472 g/mol. The van der Waals surface area contributed by atoms with Crippen LogP contribution in [0.2, 0.25) is 0 Å². The highest BCUT2D eigenvalue weighted by atomic mass is 19.3. The second-order valence-electron chi connectivity index (χ2n) is 7.12. The number of rotatable bonds is 9. The van der Waals surface area contributed by atoms with E-state index in [1.54, 1.807) is 0 Å². The lowest BCUT2D eigenvalue weighted by molar-refractivity contribution is -0.129. The molecule has 178 valence electrons. The molecule has 0 unspecified atom stereocenters. The second-order valence-corrected chi connectivity index (χ2v) is 7.12. The summed E-state index contributed by atoms with van der Waals surface area (Å²) in [6.07, 6.45) is -3.26. The Bertz CT molecular complexity index is 1070. The summed E-state index contributed by atoms with van der Waals surface area (Å²) < 4.78 is 74.2. The summed E-state index contributed by atoms with van der Waals surface area (Å²) in [6, 6.07) is 7.36. The van der Waals surface area contributed by atoms with Crippen LogP contribution in [0.15, 0.2) is 41.4 Å². The van der Waals surface area contributed by atoms with E-state index < -0.39 is 43.3 Å². The summed E-state index contributed by atoms with van der Waals surface area (Å²) in [5.41, 5.74) is 10.2. The van der Waals surface area contributed by atoms with Gasteiger partial charge in [-0.15, -0.1) is 0 Å². The Morgan fingerprint density at radius 1 is 1.09 bits per heavy atom. The van der Waals surface area contributed by atoms with Crippen LogP contribution in [-0.2, 0) is 16.9 Å². The molecule has 1 amide bonds. The van der Waals surface area contributed by atoms with Crippen molar-refractivity contribution in [3.8, 4) is 11.5 Å². The van der Waals surface area contributed by atoms with E-state index in [-0.39, 0.29) is 40.7 Å². The minimum atomic E-state index is -3.09. The number of likely N-dealkylation sites (N-methyl/N-ethyl adjacent to an activating group) is 1. The Morgan fingerprint density at radius 2 is 1.76 bits per heavy atom. The molecular weight excluding hydrogens is 451 g/mol. The maximum absolute atomic E-state index is 14.3. The fraction of sp³-hybridized carbons (Fsp3) is 0.333. The molecule has 0 aromatic heterocycles. The van der Waals surface area contributed by atoms with E-state index in [2.05, 4.69) is 9.73 Å². The molecule has 33 heavy (non-hydrogen) atoms. The molecule has 0 aliphatic carbocycles. The van der Waals surface area contributed by atoms with Gasteiger partial charge in [-0.1, -0.05) is 12.1 Å². The molecule has 2 aromatic carbocycles. The Kier molecular flexibility index (Phi) is 7.06. The highest BCUT2D eigenvalue weighted by Crippen LogP contribution is 2.42. The topological polar surface area (TPSA) is 103 Å². The molecule has 3 rings (SSSR count). The number of carbonyl (C=O) groups excluding carboxylic acids is 1. The molecule has 0 spiro atoms. The fourth-order valence-corrected chi connectivity index (χ4v) is 3.46. The predicted octanol–water partition coefficient (Wildman–Crippen LogP) is 2.95. The van der Waals surface area contributed by atoms with Crippen molar-refractivity contribution in [3.63, 3.8) is 0 Å². The van der Waals surface area contributed by atoms with Gasteiger partial charge >= 0.3 is 6.61 Å². The quantitative estimate of drug-likeness (QED) is 0.547. The SMILES string of the molecule is CN1C(=O)[C@@](c2ccc(OC(F)F)c(CN)c2)(c2ccc(F)c(OCCC(F)F)c2)N=C1N. The Morgan fingerprint density at radius 3 is 2.33 bits per heavy atom. The molecule has 7 nitrogen and oxygen atoms in total. The lowest BCUT2D eigenvalue weighted by Crippen LogP contribution is -2.41. The number of halogens is 5. The molecule has 0 fully saturated rings. The number of nitrogens with two attached hydrogens (primary N) is 2. The summed E-state index contributed by atoms with van der Waals surface area (Å²) >= 11 is 0. The van der Waals surface area contributed by atoms with Gasteiger partial charge in [-0.3, -0.25) is 9.69 Å². The third kappa shape index (κ3) is 4.70. The molecule has 1 heterocycles. The Labute approximate surface area is 185 Å². The number of nitrogens with zero attached hydrogens (tertiary/aromatic N) is 2. The van der Waals surface area contributed by atoms with Crippen molar-refractivity contribution in [2.24, 2.45) is 16.5 Å². The van der Waals surface area contributed by atoms with Gasteiger partial charge in [0.1, 0.15) is 5.75 Å². The number of ether oxygens (including phenoxy) is 2. The molecule has 1 aliphatic rings. The van der Waals surface area contributed by atoms with E-state index in [1.807, 2.05) is 0 Å². The van der Waals surface area contributed by atoms with Crippen LogP contribution in [0.4, 0.5) is 22.0 Å². The molecule has 0 saturated carbocycles. The van der Waals surface area contributed by atoms with E-state index in [0.29, 0.717) is 0 Å². The van der Waals surface area contributed by atoms with Gasteiger partial charge in [0, 0.05) is 25.6 Å². The standard InChI is InChI=1S/C21H21F5N4O3/c1-30-18(31)21(29-20(30)28,12-3-5-15(33-19(25)26)11(8-12)10-27)13-2-4-14(22)16(9-13)32-7-6-17(23)24/h2-5,8-9,17,19H,6-7,10,27H2,1H3,(H2,28,29)/t21-/m1/s1. The third-order valence-corrected chi connectivity index (χ3v) is 5.10. The second kappa shape index (κ2) is 9.61. The van der Waals surface area contributed by atoms with Crippen LogP contribution in [0.5, 0.6) is 11.5 Å². The van der Waals surface area contributed by atoms with Gasteiger partial charge in [0.05, 0.1) is 6.61 Å². The average molecular weight is 472 g/mol. The molecule has 1 atom stereocenters. The maximum Gasteiger partial charge on any atom is 0.387 e. The highest BCUT2D eigenvalue weighted by Gasteiger charge is 2.50. The number of amides is 1. The summed E-state index contributed by atoms with van der Waals surface area (Å²) in [7, 11) is 1.38. The van der Waals surface area contributed by atoms with Crippen LogP contribution in [0.1, 0.15) is 23.1 Å². The van der Waals surface area contributed by atoms with Crippen molar-refractivity contribution in [1.82, 2.24) is 4.90 Å². The number of aliphatic imine (C=N–C) groups is 1. The normalized spacial score (nSPS) is 18.3. The molecule has 1 aliphatic heterocycles. The van der Waals surface area contributed by atoms with Crippen LogP contribution in [0.25, 0.3) is 0 Å². The van der Waals surface area contributed by atoms with Crippen LogP contribution < -0.4 is 20.9 Å². The minimum Gasteiger partial charge on any atom is -0.490 e. The van der Waals surface area contributed by atoms with Gasteiger partial charge < -0.3 is 20.9 Å². The highest BCUT2D eigenvalue weighted by molar-refractivity contribution is 6.09. The van der Waals surface area contributed by atoms with Crippen molar-refractivity contribution in [3.05, 3.63) is 58.9 Å². The van der Waals surface area contributed by atoms with E-state index in [1.165, 1.54) is 37.4 Å². The zero-order valence-electron chi connectivity index (χ0n) is 17.4. The van der Waals surface area contributed by atoms with Crippen LogP contribution in [0.3, 0.4) is 0 Å². The molecule has 0 saturated heterocycles. The van der Waals surface area contributed by atoms with Gasteiger partial charge in [0.15, 0.2) is 23.1 Å². The predicted molar refractivity (Wildman–Crippen MR) is 109 cm³/mol. The van der Waals surface area contributed by atoms with E-state index in [9.17, 15) is 26.7 Å². The minimum absolute atomic E-state index is 0.124. The largest absolute Gasteiger partial charge is 0.490 e. The third-order valence-electron chi connectivity index (χ3n) is 5.10. The van der Waals surface area contributed by atoms with Crippen molar-refractivity contribution < 1.29 is 36.2 Å². The first kappa shape index (κ1) is 24.2. The lowest BCUT2D eigenvalue weighted by atomic mass is 9.82. The molecular formula is C21H21F5N4O3. The van der Waals surface area contributed by atoms with Crippen LogP contribution >= 0.6 is 0 Å².